The van der Waals surface area contributed by atoms with Gasteiger partial charge in [0, 0.05) is 6.04 Å². The maximum Gasteiger partial charge on any atom is 0.138 e. The largest absolute Gasteiger partial charge is 0.506 e. The van der Waals surface area contributed by atoms with E-state index >= 15 is 0 Å². The van der Waals surface area contributed by atoms with Gasteiger partial charge in [-0.25, -0.2) is 0 Å². The van der Waals surface area contributed by atoms with E-state index in [0.29, 0.717) is 5.69 Å². The molecular formula is C10H14N2O. The summed E-state index contributed by atoms with van der Waals surface area (Å²) in [5.41, 5.74) is 14.3. The molecule has 1 aliphatic carbocycles. The fraction of sp³-hybridized carbons (Fsp3) is 0.400. The Kier molecular flexibility index (Phi) is 1.88. The maximum atomic E-state index is 9.40. The van der Waals surface area contributed by atoms with Crippen molar-refractivity contribution in [2.45, 2.75) is 25.3 Å². The van der Waals surface area contributed by atoms with Crippen LogP contribution in [0.3, 0.4) is 0 Å². The quantitative estimate of drug-likeness (QED) is 0.406. The molecule has 2 rings (SSSR count). The molecule has 0 spiro atoms. The molecule has 0 aromatic heterocycles. The Bertz CT molecular complexity index is 336. The van der Waals surface area contributed by atoms with Crippen LogP contribution < -0.4 is 11.5 Å². The summed E-state index contributed by atoms with van der Waals surface area (Å²) in [6.45, 7) is 0. The monoisotopic (exact) mass is 178 g/mol. The smallest absolute Gasteiger partial charge is 0.138 e. The zero-order valence-electron chi connectivity index (χ0n) is 7.46. The van der Waals surface area contributed by atoms with E-state index in [1.54, 1.807) is 6.07 Å². The number of phenolic OH excluding ortho intramolecular Hbond substituents is 1. The van der Waals surface area contributed by atoms with Crippen LogP contribution in [-0.4, -0.2) is 11.1 Å². The van der Waals surface area contributed by atoms with E-state index < -0.39 is 0 Å². The van der Waals surface area contributed by atoms with Gasteiger partial charge in [-0.1, -0.05) is 0 Å². The van der Waals surface area contributed by atoms with Gasteiger partial charge in [0.25, 0.3) is 0 Å². The number of anilines is 1. The summed E-state index contributed by atoms with van der Waals surface area (Å²) in [6.07, 6.45) is 2.83. The molecule has 13 heavy (non-hydrogen) atoms. The average Bonchev–Trinajstić information content (AvgIpc) is 2.08. The number of rotatable bonds is 0. The SMILES string of the molecule is Nc1cc2c(cc1O)C[C@@H](N)CC2. The molecule has 0 amide bonds. The predicted molar refractivity (Wildman–Crippen MR) is 52.5 cm³/mol. The van der Waals surface area contributed by atoms with Gasteiger partial charge >= 0.3 is 0 Å². The van der Waals surface area contributed by atoms with Gasteiger partial charge in [0.2, 0.25) is 0 Å². The molecular weight excluding hydrogens is 164 g/mol. The summed E-state index contributed by atoms with van der Waals surface area (Å²) in [6, 6.07) is 3.83. The van der Waals surface area contributed by atoms with Crippen LogP contribution in [0.4, 0.5) is 5.69 Å². The van der Waals surface area contributed by atoms with Crippen molar-refractivity contribution in [1.29, 1.82) is 0 Å². The van der Waals surface area contributed by atoms with Crippen molar-refractivity contribution in [3.63, 3.8) is 0 Å². The van der Waals surface area contributed by atoms with Crippen molar-refractivity contribution in [2.24, 2.45) is 5.73 Å². The second-order valence-electron chi connectivity index (χ2n) is 3.68. The summed E-state index contributed by atoms with van der Waals surface area (Å²) in [5.74, 6) is 0.174. The zero-order chi connectivity index (χ0) is 9.42. The number of nitrogens with two attached hydrogens (primary N) is 2. The van der Waals surface area contributed by atoms with Crippen molar-refractivity contribution in [2.75, 3.05) is 5.73 Å². The molecule has 0 saturated heterocycles. The average molecular weight is 178 g/mol. The van der Waals surface area contributed by atoms with E-state index in [4.69, 9.17) is 11.5 Å². The van der Waals surface area contributed by atoms with Crippen LogP contribution in [0, 0.1) is 0 Å². The van der Waals surface area contributed by atoms with Gasteiger partial charge in [-0.3, -0.25) is 0 Å². The Morgan fingerprint density at radius 1 is 1.31 bits per heavy atom. The van der Waals surface area contributed by atoms with Crippen molar-refractivity contribution < 1.29 is 5.11 Å². The molecule has 1 aromatic rings. The number of hydrogen-bond acceptors (Lipinski definition) is 3. The number of aryl methyl sites for hydroxylation is 1. The predicted octanol–water partition coefficient (Wildman–Crippen LogP) is 0.790. The molecule has 3 heteroatoms. The highest BCUT2D eigenvalue weighted by molar-refractivity contribution is 5.56. The highest BCUT2D eigenvalue weighted by Crippen LogP contribution is 2.29. The Balaban J connectivity index is 2.43. The summed E-state index contributed by atoms with van der Waals surface area (Å²) in [4.78, 5) is 0. The van der Waals surface area contributed by atoms with Crippen LogP contribution in [-0.2, 0) is 12.8 Å². The first-order valence-corrected chi connectivity index (χ1v) is 4.52. The molecule has 0 saturated carbocycles. The minimum absolute atomic E-state index is 0.174. The standard InChI is InChI=1S/C10H14N2O/c11-8-2-1-6-4-9(12)10(13)5-7(6)3-8/h4-5,8,13H,1-3,11-12H2/t8-/m0/s1. The van der Waals surface area contributed by atoms with Gasteiger partial charge in [0.05, 0.1) is 5.69 Å². The van der Waals surface area contributed by atoms with Gasteiger partial charge in [0.15, 0.2) is 0 Å². The van der Waals surface area contributed by atoms with Gasteiger partial charge < -0.3 is 16.6 Å². The third kappa shape index (κ3) is 1.47. The maximum absolute atomic E-state index is 9.40. The zero-order valence-corrected chi connectivity index (χ0v) is 7.46. The Hall–Kier alpha value is -1.22. The molecule has 3 nitrogen and oxygen atoms in total. The van der Waals surface area contributed by atoms with Crippen LogP contribution in [0.5, 0.6) is 5.75 Å². The lowest BCUT2D eigenvalue weighted by atomic mass is 9.88. The van der Waals surface area contributed by atoms with Crippen molar-refractivity contribution >= 4 is 5.69 Å². The summed E-state index contributed by atoms with van der Waals surface area (Å²) in [7, 11) is 0. The third-order valence-corrected chi connectivity index (χ3v) is 2.62. The number of fused-ring (bicyclic) bond motifs is 1. The van der Waals surface area contributed by atoms with Crippen LogP contribution in [0.1, 0.15) is 17.5 Å². The van der Waals surface area contributed by atoms with Crippen LogP contribution in [0.15, 0.2) is 12.1 Å². The fourth-order valence-corrected chi connectivity index (χ4v) is 1.84. The molecule has 0 unspecified atom stereocenters. The third-order valence-electron chi connectivity index (χ3n) is 2.62. The normalized spacial score (nSPS) is 21.2. The lowest BCUT2D eigenvalue weighted by Gasteiger charge is -2.21. The molecule has 1 aromatic carbocycles. The second kappa shape index (κ2) is 2.92. The minimum atomic E-state index is 0.174. The van der Waals surface area contributed by atoms with Crippen molar-refractivity contribution in [3.05, 3.63) is 23.3 Å². The van der Waals surface area contributed by atoms with Gasteiger partial charge in [0.1, 0.15) is 5.75 Å². The molecule has 0 heterocycles. The first-order chi connectivity index (χ1) is 6.16. The number of aromatic hydroxyl groups is 1. The fourth-order valence-electron chi connectivity index (χ4n) is 1.84. The molecule has 1 aliphatic rings. The lowest BCUT2D eigenvalue weighted by Crippen LogP contribution is -2.27. The number of hydrogen-bond donors (Lipinski definition) is 3. The molecule has 70 valence electrons. The molecule has 0 aliphatic heterocycles. The molecule has 5 N–H and O–H groups in total. The van der Waals surface area contributed by atoms with Gasteiger partial charge in [-0.2, -0.15) is 0 Å². The van der Waals surface area contributed by atoms with Gasteiger partial charge in [-0.05, 0) is 42.5 Å². The Morgan fingerprint density at radius 2 is 2.08 bits per heavy atom. The Morgan fingerprint density at radius 3 is 2.85 bits per heavy atom. The van der Waals surface area contributed by atoms with E-state index in [-0.39, 0.29) is 11.8 Å². The number of nitrogen functional groups attached to an aromatic ring is 1. The number of benzene rings is 1. The molecule has 1 atom stereocenters. The summed E-state index contributed by atoms with van der Waals surface area (Å²) >= 11 is 0. The van der Waals surface area contributed by atoms with Crippen LogP contribution >= 0.6 is 0 Å². The van der Waals surface area contributed by atoms with E-state index in [1.165, 1.54) is 5.56 Å². The van der Waals surface area contributed by atoms with E-state index in [0.717, 1.165) is 24.8 Å². The molecule has 0 radical (unpaired) electrons. The topological polar surface area (TPSA) is 72.3 Å². The highest BCUT2D eigenvalue weighted by Gasteiger charge is 2.16. The first kappa shape index (κ1) is 8.38. The summed E-state index contributed by atoms with van der Waals surface area (Å²) in [5, 5.41) is 9.40. The Labute approximate surface area is 77.4 Å². The lowest BCUT2D eigenvalue weighted by molar-refractivity contribution is 0.474. The number of phenols is 1. The van der Waals surface area contributed by atoms with E-state index in [1.807, 2.05) is 6.07 Å². The first-order valence-electron chi connectivity index (χ1n) is 4.52. The van der Waals surface area contributed by atoms with E-state index in [9.17, 15) is 5.11 Å². The van der Waals surface area contributed by atoms with Crippen LogP contribution in [0.2, 0.25) is 0 Å². The molecule has 0 bridgehead atoms. The van der Waals surface area contributed by atoms with Crippen molar-refractivity contribution in [1.82, 2.24) is 0 Å². The summed E-state index contributed by atoms with van der Waals surface area (Å²) < 4.78 is 0. The van der Waals surface area contributed by atoms with Crippen molar-refractivity contribution in [3.8, 4) is 5.75 Å². The minimum Gasteiger partial charge on any atom is -0.506 e. The van der Waals surface area contributed by atoms with Gasteiger partial charge in [-0.15, -0.1) is 0 Å². The highest BCUT2D eigenvalue weighted by atomic mass is 16.3. The van der Waals surface area contributed by atoms with Crippen LogP contribution in [0.25, 0.3) is 0 Å². The van der Waals surface area contributed by atoms with E-state index in [2.05, 4.69) is 0 Å². The molecule has 0 fully saturated rings. The second-order valence-corrected chi connectivity index (χ2v) is 3.68.